The third kappa shape index (κ3) is 7.79. The molecular formula is C33H55FO3. The first-order chi connectivity index (χ1) is 17.0. The van der Waals surface area contributed by atoms with Crippen LogP contribution in [0.2, 0.25) is 0 Å². The molecule has 3 nitrogen and oxygen atoms in total. The molecule has 0 amide bonds. The first-order valence-corrected chi connectivity index (χ1v) is 14.9. The van der Waals surface area contributed by atoms with E-state index in [1.807, 2.05) is 27.7 Å². The molecule has 3 fully saturated rings. The van der Waals surface area contributed by atoms with Gasteiger partial charge in [-0.2, -0.15) is 0 Å². The van der Waals surface area contributed by atoms with Crippen LogP contribution in [-0.4, -0.2) is 38.8 Å². The lowest BCUT2D eigenvalue weighted by Crippen LogP contribution is -2.41. The van der Waals surface area contributed by atoms with Crippen molar-refractivity contribution in [3.63, 3.8) is 0 Å². The maximum atomic E-state index is 14.3. The van der Waals surface area contributed by atoms with Gasteiger partial charge in [-0.05, 0) is 126 Å². The summed E-state index contributed by atoms with van der Waals surface area (Å²) >= 11 is 0. The number of alkyl halides is 1. The van der Waals surface area contributed by atoms with E-state index in [1.165, 1.54) is 31.3 Å². The normalized spacial score (nSPS) is 33.8. The molecule has 3 N–H and O–H groups in total. The van der Waals surface area contributed by atoms with Crippen molar-refractivity contribution in [1.29, 1.82) is 0 Å². The zero-order valence-electron chi connectivity index (χ0n) is 24.6. The molecule has 0 aromatic carbocycles. The average Bonchev–Trinajstić information content (AvgIpc) is 3.11. The lowest BCUT2D eigenvalue weighted by atomic mass is 9.55. The third-order valence-electron chi connectivity index (χ3n) is 10.1. The summed E-state index contributed by atoms with van der Waals surface area (Å²) in [4.78, 5) is 0. The Balaban J connectivity index is 1.83. The Morgan fingerprint density at radius 1 is 0.973 bits per heavy atom. The van der Waals surface area contributed by atoms with E-state index in [2.05, 4.69) is 32.6 Å². The van der Waals surface area contributed by atoms with Crippen molar-refractivity contribution in [3.8, 4) is 0 Å². The van der Waals surface area contributed by atoms with E-state index in [0.29, 0.717) is 23.8 Å². The highest BCUT2D eigenvalue weighted by atomic mass is 19.1. The van der Waals surface area contributed by atoms with Crippen LogP contribution < -0.4 is 0 Å². The van der Waals surface area contributed by atoms with Gasteiger partial charge in [0.2, 0.25) is 0 Å². The predicted octanol–water partition coefficient (Wildman–Crippen LogP) is 7.99. The molecule has 0 aromatic heterocycles. The van der Waals surface area contributed by atoms with E-state index in [4.69, 9.17) is 0 Å². The second-order valence-corrected chi connectivity index (χ2v) is 14.5. The second-order valence-electron chi connectivity index (χ2n) is 14.5. The van der Waals surface area contributed by atoms with Crippen LogP contribution in [0.1, 0.15) is 125 Å². The van der Waals surface area contributed by atoms with Gasteiger partial charge in [-0.1, -0.05) is 51.0 Å². The number of halogens is 1. The summed E-state index contributed by atoms with van der Waals surface area (Å²) in [6.07, 6.45) is 15.0. The quantitative estimate of drug-likeness (QED) is 0.275. The van der Waals surface area contributed by atoms with E-state index in [-0.39, 0.29) is 17.3 Å². The molecule has 212 valence electrons. The molecule has 3 saturated carbocycles. The molecule has 0 aliphatic heterocycles. The molecule has 5 atom stereocenters. The standard InChI is InChI=1S/C33H55FO3/c1-23-25(21-26(35)22-28(23)34)13-12-24-11-8-20-33(7)27(24)14-15-29(33)32(6,18-9-16-30(2,3)36)19-10-17-31(4,5)37/h12-13,26-29,35-37H,1,8-11,14-22H2,2-7H3/t26-,27?,28+,29-,33+/m1/s1. The maximum absolute atomic E-state index is 14.3. The van der Waals surface area contributed by atoms with Crippen LogP contribution in [0.4, 0.5) is 4.39 Å². The largest absolute Gasteiger partial charge is 0.393 e. The van der Waals surface area contributed by atoms with E-state index >= 15 is 0 Å². The van der Waals surface area contributed by atoms with Gasteiger partial charge >= 0.3 is 0 Å². The van der Waals surface area contributed by atoms with Gasteiger partial charge in [-0.25, -0.2) is 4.39 Å². The lowest BCUT2D eigenvalue weighted by molar-refractivity contribution is 0.00528. The summed E-state index contributed by atoms with van der Waals surface area (Å²) in [6, 6.07) is 0. The van der Waals surface area contributed by atoms with Crippen molar-refractivity contribution in [1.82, 2.24) is 0 Å². The maximum Gasteiger partial charge on any atom is 0.127 e. The minimum Gasteiger partial charge on any atom is -0.393 e. The van der Waals surface area contributed by atoms with E-state index in [0.717, 1.165) is 50.5 Å². The van der Waals surface area contributed by atoms with Crippen LogP contribution in [0.5, 0.6) is 0 Å². The van der Waals surface area contributed by atoms with Crippen molar-refractivity contribution in [2.45, 2.75) is 148 Å². The Hall–Kier alpha value is -0.970. The summed E-state index contributed by atoms with van der Waals surface area (Å²) in [7, 11) is 0. The molecule has 4 heteroatoms. The highest BCUT2D eigenvalue weighted by Crippen LogP contribution is 2.64. The number of hydrogen-bond donors (Lipinski definition) is 3. The Morgan fingerprint density at radius 2 is 1.57 bits per heavy atom. The van der Waals surface area contributed by atoms with Crippen LogP contribution in [0.15, 0.2) is 35.5 Å². The van der Waals surface area contributed by atoms with Gasteiger partial charge in [0.15, 0.2) is 0 Å². The topological polar surface area (TPSA) is 60.7 Å². The predicted molar refractivity (Wildman–Crippen MR) is 152 cm³/mol. The third-order valence-corrected chi connectivity index (χ3v) is 10.1. The molecule has 0 spiro atoms. The molecular weight excluding hydrogens is 463 g/mol. The summed E-state index contributed by atoms with van der Waals surface area (Å²) in [6.45, 7) is 16.6. The lowest BCUT2D eigenvalue weighted by Gasteiger charge is -2.50. The summed E-state index contributed by atoms with van der Waals surface area (Å²) in [5.74, 6) is 1.14. The monoisotopic (exact) mass is 518 g/mol. The number of aliphatic hydroxyl groups is 3. The molecule has 3 aliphatic carbocycles. The van der Waals surface area contributed by atoms with Gasteiger partial charge in [0.05, 0.1) is 17.3 Å². The van der Waals surface area contributed by atoms with Gasteiger partial charge < -0.3 is 15.3 Å². The van der Waals surface area contributed by atoms with Crippen LogP contribution >= 0.6 is 0 Å². The summed E-state index contributed by atoms with van der Waals surface area (Å²) in [5.41, 5.74) is 2.01. The number of fused-ring (bicyclic) bond motifs is 1. The fourth-order valence-electron chi connectivity index (χ4n) is 8.14. The Labute approximate surface area is 226 Å². The Morgan fingerprint density at radius 3 is 2.14 bits per heavy atom. The van der Waals surface area contributed by atoms with E-state index in [1.54, 1.807) is 0 Å². The van der Waals surface area contributed by atoms with Crippen molar-refractivity contribution in [2.24, 2.45) is 22.7 Å². The molecule has 3 aliphatic rings. The highest BCUT2D eigenvalue weighted by molar-refractivity contribution is 5.38. The molecule has 0 bridgehead atoms. The minimum absolute atomic E-state index is 0.161. The first-order valence-electron chi connectivity index (χ1n) is 14.9. The fourth-order valence-corrected chi connectivity index (χ4v) is 8.14. The number of hydrogen-bond acceptors (Lipinski definition) is 3. The Kier molecular flexibility index (Phi) is 9.62. The van der Waals surface area contributed by atoms with Gasteiger partial charge in [0, 0.05) is 6.42 Å². The number of allylic oxidation sites excluding steroid dienone is 4. The highest BCUT2D eigenvalue weighted by Gasteiger charge is 2.54. The fraction of sp³-hybridized carbons (Fsp3) is 0.818. The van der Waals surface area contributed by atoms with Gasteiger partial charge in [-0.3, -0.25) is 0 Å². The molecule has 0 aromatic rings. The first kappa shape index (κ1) is 30.6. The van der Waals surface area contributed by atoms with Gasteiger partial charge in [-0.15, -0.1) is 0 Å². The molecule has 37 heavy (non-hydrogen) atoms. The van der Waals surface area contributed by atoms with Crippen LogP contribution in [0, 0.1) is 22.7 Å². The van der Waals surface area contributed by atoms with Crippen LogP contribution in [0.3, 0.4) is 0 Å². The van der Waals surface area contributed by atoms with E-state index in [9.17, 15) is 19.7 Å². The summed E-state index contributed by atoms with van der Waals surface area (Å²) in [5, 5.41) is 30.8. The molecule has 3 rings (SSSR count). The zero-order valence-corrected chi connectivity index (χ0v) is 24.6. The van der Waals surface area contributed by atoms with Crippen molar-refractivity contribution < 1.29 is 19.7 Å². The average molecular weight is 519 g/mol. The smallest absolute Gasteiger partial charge is 0.127 e. The molecule has 0 radical (unpaired) electrons. The zero-order chi connectivity index (χ0) is 27.6. The second kappa shape index (κ2) is 11.6. The molecule has 0 heterocycles. The van der Waals surface area contributed by atoms with Crippen LogP contribution in [0.25, 0.3) is 0 Å². The summed E-state index contributed by atoms with van der Waals surface area (Å²) < 4.78 is 14.3. The number of aliphatic hydroxyl groups excluding tert-OH is 1. The Bertz CT molecular complexity index is 838. The van der Waals surface area contributed by atoms with Gasteiger partial charge in [0.25, 0.3) is 0 Å². The van der Waals surface area contributed by atoms with Gasteiger partial charge in [0.1, 0.15) is 6.17 Å². The SMILES string of the molecule is C=C1C(=CC=C2CCC[C@@]3(C)C2CC[C@@H]3C(C)(CCCC(C)(C)O)CCCC(C)(C)O)C[C@@H](O)C[C@@H]1F. The molecule has 0 saturated heterocycles. The van der Waals surface area contributed by atoms with Crippen molar-refractivity contribution in [2.75, 3.05) is 0 Å². The minimum atomic E-state index is -1.14. The molecule has 1 unspecified atom stereocenters. The van der Waals surface area contributed by atoms with Crippen molar-refractivity contribution >= 4 is 0 Å². The van der Waals surface area contributed by atoms with Crippen LogP contribution in [-0.2, 0) is 0 Å². The number of rotatable bonds is 10. The van der Waals surface area contributed by atoms with E-state index < -0.39 is 23.5 Å². The van der Waals surface area contributed by atoms with Crippen molar-refractivity contribution in [3.05, 3.63) is 35.5 Å².